The molecule has 0 fully saturated rings. The van der Waals surface area contributed by atoms with Gasteiger partial charge < -0.3 is 0 Å². The van der Waals surface area contributed by atoms with Gasteiger partial charge >= 0.3 is 0 Å². The van der Waals surface area contributed by atoms with Gasteiger partial charge in [-0.25, -0.2) is 9.97 Å². The van der Waals surface area contributed by atoms with Gasteiger partial charge in [0.2, 0.25) is 0 Å². The number of nitro benzene ring substituents is 4. The molecule has 0 N–H and O–H groups in total. The molecule has 0 spiro atoms. The van der Waals surface area contributed by atoms with Crippen molar-refractivity contribution in [2.24, 2.45) is 0 Å². The highest BCUT2D eigenvalue weighted by Gasteiger charge is 2.11. The summed E-state index contributed by atoms with van der Waals surface area (Å²) >= 11 is 0. The predicted molar refractivity (Wildman–Crippen MR) is 190 cm³/mol. The van der Waals surface area contributed by atoms with Gasteiger partial charge in [0.25, 0.3) is 22.7 Å². The lowest BCUT2D eigenvalue weighted by Gasteiger charge is -2.07. The summed E-state index contributed by atoms with van der Waals surface area (Å²) in [5.74, 6) is 0. The van der Waals surface area contributed by atoms with Gasteiger partial charge in [-0.2, -0.15) is 0 Å². The zero-order valence-electron chi connectivity index (χ0n) is 25.8. The van der Waals surface area contributed by atoms with Gasteiger partial charge in [0.1, 0.15) is 0 Å². The summed E-state index contributed by atoms with van der Waals surface area (Å²) in [6.07, 6.45) is 13.6. The number of benzene rings is 4. The summed E-state index contributed by atoms with van der Waals surface area (Å²) < 4.78 is 0. The molecule has 50 heavy (non-hydrogen) atoms. The lowest BCUT2D eigenvalue weighted by Crippen LogP contribution is -2.00. The van der Waals surface area contributed by atoms with E-state index in [9.17, 15) is 40.5 Å². The monoisotopic (exact) mass is 668 g/mol. The van der Waals surface area contributed by atoms with E-state index in [1.165, 1.54) is 48.5 Å². The number of aromatic nitrogens is 2. The fourth-order valence-electron chi connectivity index (χ4n) is 4.51. The van der Waals surface area contributed by atoms with E-state index in [4.69, 9.17) is 9.97 Å². The Balaban J connectivity index is 1.60. The first-order valence-corrected chi connectivity index (χ1v) is 14.7. The fraction of sp³-hybridized carbons (Fsp3) is 0. The highest BCUT2D eigenvalue weighted by atomic mass is 16.6. The highest BCUT2D eigenvalue weighted by molar-refractivity contribution is 5.81. The van der Waals surface area contributed by atoms with Crippen LogP contribution >= 0.6 is 0 Å². The lowest BCUT2D eigenvalue weighted by atomic mass is 10.1. The SMILES string of the molecule is O=[N+]([O-])c1ccc(C=Cc2nc(C=Cc3ccc([N+](=O)[O-])cc3)c(C=Cc3ccc([N+](=O)[O-])cc3)nc2C=Cc2ccc([N+](=O)[O-])cc2)cc1. The van der Waals surface area contributed by atoms with Gasteiger partial charge in [0.05, 0.1) is 42.5 Å². The third kappa shape index (κ3) is 8.86. The van der Waals surface area contributed by atoms with Crippen molar-refractivity contribution in [3.63, 3.8) is 0 Å². The van der Waals surface area contributed by atoms with E-state index in [1.807, 2.05) is 0 Å². The first kappa shape index (κ1) is 33.9. The van der Waals surface area contributed by atoms with Crippen LogP contribution in [0.4, 0.5) is 22.7 Å². The minimum atomic E-state index is -0.494. The van der Waals surface area contributed by atoms with E-state index in [0.717, 1.165) is 0 Å². The lowest BCUT2D eigenvalue weighted by molar-refractivity contribution is -0.385. The summed E-state index contributed by atoms with van der Waals surface area (Å²) in [5, 5.41) is 44.4. The van der Waals surface area contributed by atoms with Crippen molar-refractivity contribution in [3.8, 4) is 0 Å². The Labute approximate surface area is 283 Å². The van der Waals surface area contributed by atoms with Crippen LogP contribution in [0.5, 0.6) is 0 Å². The first-order chi connectivity index (χ1) is 24.0. The Bertz CT molecular complexity index is 1880. The second-order valence-corrected chi connectivity index (χ2v) is 10.5. The third-order valence-electron chi connectivity index (χ3n) is 7.16. The maximum absolute atomic E-state index is 11.1. The van der Waals surface area contributed by atoms with Crippen LogP contribution in [-0.4, -0.2) is 29.7 Å². The number of nitrogens with zero attached hydrogens (tertiary/aromatic N) is 6. The predicted octanol–water partition coefficient (Wildman–Crippen LogP) is 8.79. The molecule has 0 bridgehead atoms. The third-order valence-corrected chi connectivity index (χ3v) is 7.16. The van der Waals surface area contributed by atoms with Crippen LogP contribution in [0.3, 0.4) is 0 Å². The molecule has 1 aromatic heterocycles. The fourth-order valence-corrected chi connectivity index (χ4v) is 4.51. The van der Waals surface area contributed by atoms with Crippen molar-refractivity contribution in [2.45, 2.75) is 0 Å². The second-order valence-electron chi connectivity index (χ2n) is 10.5. The van der Waals surface area contributed by atoms with E-state index in [1.54, 1.807) is 97.1 Å². The maximum Gasteiger partial charge on any atom is 0.269 e. The van der Waals surface area contributed by atoms with E-state index in [0.29, 0.717) is 45.0 Å². The number of hydrogen-bond donors (Lipinski definition) is 0. The van der Waals surface area contributed by atoms with Gasteiger partial charge in [-0.3, -0.25) is 40.5 Å². The molecule has 0 atom stereocenters. The zero-order valence-corrected chi connectivity index (χ0v) is 25.8. The van der Waals surface area contributed by atoms with Crippen molar-refractivity contribution < 1.29 is 19.7 Å². The van der Waals surface area contributed by atoms with Crippen LogP contribution in [0.2, 0.25) is 0 Å². The smallest absolute Gasteiger partial charge is 0.258 e. The Morgan fingerprint density at radius 2 is 0.500 bits per heavy atom. The molecule has 0 aliphatic heterocycles. The molecule has 14 heteroatoms. The van der Waals surface area contributed by atoms with E-state index >= 15 is 0 Å². The summed E-state index contributed by atoms with van der Waals surface area (Å²) in [6, 6.07) is 23.7. The van der Waals surface area contributed by atoms with E-state index < -0.39 is 19.7 Å². The number of nitro groups is 4. The van der Waals surface area contributed by atoms with Gasteiger partial charge in [-0.15, -0.1) is 0 Å². The van der Waals surface area contributed by atoms with Crippen LogP contribution in [0.1, 0.15) is 45.0 Å². The Kier molecular flexibility index (Phi) is 10.4. The summed E-state index contributed by atoms with van der Waals surface area (Å²) in [4.78, 5) is 52.2. The number of non-ortho nitro benzene ring substituents is 4. The molecule has 0 unspecified atom stereocenters. The Morgan fingerprint density at radius 1 is 0.320 bits per heavy atom. The molecule has 1 heterocycles. The zero-order chi connectivity index (χ0) is 35.6. The second kappa shape index (κ2) is 15.4. The Hall–Kier alpha value is -7.48. The molecule has 0 saturated heterocycles. The molecule has 5 aromatic rings. The first-order valence-electron chi connectivity index (χ1n) is 14.7. The summed E-state index contributed by atoms with van der Waals surface area (Å²) in [7, 11) is 0. The highest BCUT2D eigenvalue weighted by Crippen LogP contribution is 2.23. The summed E-state index contributed by atoms with van der Waals surface area (Å²) in [6.45, 7) is 0. The van der Waals surface area contributed by atoms with Crippen LogP contribution in [0, 0.1) is 40.5 Å². The van der Waals surface area contributed by atoms with Gasteiger partial charge in [0.15, 0.2) is 0 Å². The molecule has 0 radical (unpaired) electrons. The molecule has 4 aromatic carbocycles. The molecule has 0 amide bonds. The molecule has 5 rings (SSSR count). The van der Waals surface area contributed by atoms with Crippen LogP contribution in [0.15, 0.2) is 97.1 Å². The molecule has 0 aliphatic carbocycles. The average molecular weight is 669 g/mol. The van der Waals surface area contributed by atoms with Crippen LogP contribution in [-0.2, 0) is 0 Å². The van der Waals surface area contributed by atoms with Crippen molar-refractivity contribution >= 4 is 71.4 Å². The normalized spacial score (nSPS) is 11.5. The quantitative estimate of drug-likeness (QED) is 0.0914. The molecule has 0 aliphatic rings. The number of rotatable bonds is 12. The largest absolute Gasteiger partial charge is 0.269 e. The average Bonchev–Trinajstić information content (AvgIpc) is 3.12. The van der Waals surface area contributed by atoms with Crippen molar-refractivity contribution in [1.29, 1.82) is 0 Å². The minimum absolute atomic E-state index is 0.0588. The van der Waals surface area contributed by atoms with Gasteiger partial charge in [-0.05, 0) is 95.1 Å². The molecule has 246 valence electrons. The molecular weight excluding hydrogens is 644 g/mol. The molecule has 14 nitrogen and oxygen atoms in total. The Morgan fingerprint density at radius 3 is 0.660 bits per heavy atom. The van der Waals surface area contributed by atoms with Crippen molar-refractivity contribution in [2.75, 3.05) is 0 Å². The van der Waals surface area contributed by atoms with Crippen molar-refractivity contribution in [1.82, 2.24) is 9.97 Å². The molecule has 0 saturated carbocycles. The van der Waals surface area contributed by atoms with E-state index in [2.05, 4.69) is 0 Å². The minimum Gasteiger partial charge on any atom is -0.258 e. The molecular formula is C36H24N6O8. The van der Waals surface area contributed by atoms with Crippen molar-refractivity contribution in [3.05, 3.63) is 183 Å². The van der Waals surface area contributed by atoms with Crippen LogP contribution < -0.4 is 0 Å². The summed E-state index contributed by atoms with van der Waals surface area (Å²) in [5.41, 5.74) is 4.06. The van der Waals surface area contributed by atoms with Gasteiger partial charge in [-0.1, -0.05) is 24.3 Å². The number of hydrogen-bond acceptors (Lipinski definition) is 10. The topological polar surface area (TPSA) is 198 Å². The van der Waals surface area contributed by atoms with Crippen LogP contribution in [0.25, 0.3) is 48.6 Å². The van der Waals surface area contributed by atoms with Gasteiger partial charge in [0, 0.05) is 48.5 Å². The van der Waals surface area contributed by atoms with E-state index in [-0.39, 0.29) is 22.7 Å². The standard InChI is InChI=1S/C36H24N6O8/c43-39(44)29-13-1-25(2-14-29)9-21-33-34(22-10-26-3-15-30(16-4-26)40(45)46)38-36(24-12-28-7-19-32(20-8-28)42(49)50)35(37-33)23-11-27-5-17-31(18-6-27)41(47)48/h1-24H. The maximum atomic E-state index is 11.1.